The molecule has 19 heavy (non-hydrogen) atoms. The molecule has 0 aliphatic carbocycles. The number of rotatable bonds is 3. The topological polar surface area (TPSA) is 18.5 Å². The van der Waals surface area contributed by atoms with Crippen LogP contribution in [-0.4, -0.2) is 61.7 Å². The molecule has 0 saturated carbocycles. The summed E-state index contributed by atoms with van der Waals surface area (Å²) >= 11 is 0. The van der Waals surface area contributed by atoms with Gasteiger partial charge in [0.25, 0.3) is 0 Å². The Bertz CT molecular complexity index is 281. The van der Waals surface area contributed by atoms with Crippen molar-refractivity contribution in [1.29, 1.82) is 0 Å². The van der Waals surface area contributed by atoms with Crippen LogP contribution in [0.15, 0.2) is 0 Å². The molecule has 3 atom stereocenters. The Balaban J connectivity index is 1.43. The molecular weight excluding hydrogens is 234 g/mol. The second-order valence-corrected chi connectivity index (χ2v) is 6.97. The Kier molecular flexibility index (Phi) is 4.78. The molecule has 3 heteroatoms. The van der Waals surface area contributed by atoms with Gasteiger partial charge in [-0.25, -0.2) is 0 Å². The Labute approximate surface area is 118 Å². The van der Waals surface area contributed by atoms with E-state index in [1.54, 1.807) is 0 Å². The lowest BCUT2D eigenvalue weighted by atomic mass is 9.85. The molecule has 0 amide bonds. The summed E-state index contributed by atoms with van der Waals surface area (Å²) in [6.45, 7) is 6.59. The minimum Gasteiger partial charge on any atom is -0.314 e. The monoisotopic (exact) mass is 265 g/mol. The molecule has 0 aromatic rings. The summed E-state index contributed by atoms with van der Waals surface area (Å²) < 4.78 is 0. The summed E-state index contributed by atoms with van der Waals surface area (Å²) in [5.41, 5.74) is 0. The molecule has 3 aliphatic rings. The van der Waals surface area contributed by atoms with Gasteiger partial charge in [-0.05, 0) is 77.7 Å². The molecule has 1 N–H and O–H groups in total. The van der Waals surface area contributed by atoms with Gasteiger partial charge in [-0.1, -0.05) is 6.42 Å². The largest absolute Gasteiger partial charge is 0.314 e. The Morgan fingerprint density at radius 1 is 1.05 bits per heavy atom. The van der Waals surface area contributed by atoms with Crippen molar-refractivity contribution in [3.63, 3.8) is 0 Å². The van der Waals surface area contributed by atoms with Crippen LogP contribution in [0.4, 0.5) is 0 Å². The van der Waals surface area contributed by atoms with E-state index in [0.717, 1.165) is 18.0 Å². The third-order valence-corrected chi connectivity index (χ3v) is 5.68. The van der Waals surface area contributed by atoms with Crippen molar-refractivity contribution in [3.05, 3.63) is 0 Å². The molecule has 3 unspecified atom stereocenters. The predicted octanol–water partition coefficient (Wildman–Crippen LogP) is 1.93. The number of nitrogens with zero attached hydrogens (tertiary/aromatic N) is 2. The van der Waals surface area contributed by atoms with Crippen LogP contribution in [0.5, 0.6) is 0 Å². The maximum atomic E-state index is 3.72. The smallest absolute Gasteiger partial charge is 0.0120 e. The van der Waals surface area contributed by atoms with E-state index in [9.17, 15) is 0 Å². The van der Waals surface area contributed by atoms with Gasteiger partial charge in [-0.2, -0.15) is 0 Å². The zero-order valence-corrected chi connectivity index (χ0v) is 12.6. The van der Waals surface area contributed by atoms with Crippen molar-refractivity contribution in [2.24, 2.45) is 5.92 Å². The van der Waals surface area contributed by atoms with E-state index in [2.05, 4.69) is 22.2 Å². The third-order valence-electron chi connectivity index (χ3n) is 5.68. The van der Waals surface area contributed by atoms with Gasteiger partial charge < -0.3 is 15.1 Å². The summed E-state index contributed by atoms with van der Waals surface area (Å²) in [4.78, 5) is 5.34. The first-order chi connectivity index (χ1) is 9.33. The van der Waals surface area contributed by atoms with Crippen molar-refractivity contribution < 1.29 is 0 Å². The quantitative estimate of drug-likeness (QED) is 0.841. The van der Waals surface area contributed by atoms with Crippen LogP contribution in [0.2, 0.25) is 0 Å². The molecule has 0 aromatic heterocycles. The van der Waals surface area contributed by atoms with Gasteiger partial charge in [0.05, 0.1) is 0 Å². The second-order valence-electron chi connectivity index (χ2n) is 6.97. The number of likely N-dealkylation sites (tertiary alicyclic amines) is 2. The first kappa shape index (κ1) is 13.8. The summed E-state index contributed by atoms with van der Waals surface area (Å²) in [6, 6.07) is 1.69. The van der Waals surface area contributed by atoms with Crippen LogP contribution in [-0.2, 0) is 0 Å². The molecule has 3 fully saturated rings. The molecule has 3 saturated heterocycles. The zero-order chi connectivity index (χ0) is 13.1. The summed E-state index contributed by atoms with van der Waals surface area (Å²) in [5.74, 6) is 0.937. The fourth-order valence-electron chi connectivity index (χ4n) is 4.36. The average molecular weight is 265 g/mol. The lowest BCUT2D eigenvalue weighted by molar-refractivity contribution is 0.0960. The third kappa shape index (κ3) is 3.50. The lowest BCUT2D eigenvalue weighted by Gasteiger charge is -2.42. The number of fused-ring (bicyclic) bond motifs is 1. The normalized spacial score (nSPS) is 38.1. The number of hydrogen-bond acceptors (Lipinski definition) is 3. The molecule has 0 aromatic carbocycles. The molecule has 3 nitrogen and oxygen atoms in total. The SMILES string of the molecule is CN1CCCCC1CCN1CCC2NCCCC2C1. The van der Waals surface area contributed by atoms with E-state index < -0.39 is 0 Å². The highest BCUT2D eigenvalue weighted by molar-refractivity contribution is 4.88. The van der Waals surface area contributed by atoms with E-state index in [1.807, 2.05) is 0 Å². The van der Waals surface area contributed by atoms with Gasteiger partial charge in [0.2, 0.25) is 0 Å². The number of hydrogen-bond donors (Lipinski definition) is 1. The number of nitrogens with one attached hydrogen (secondary N) is 1. The second kappa shape index (κ2) is 6.55. The van der Waals surface area contributed by atoms with Gasteiger partial charge >= 0.3 is 0 Å². The minimum atomic E-state index is 0.836. The Morgan fingerprint density at radius 3 is 2.89 bits per heavy atom. The van der Waals surface area contributed by atoms with Crippen molar-refractivity contribution in [2.45, 2.75) is 57.0 Å². The van der Waals surface area contributed by atoms with Crippen LogP contribution < -0.4 is 5.32 Å². The Morgan fingerprint density at radius 2 is 2.00 bits per heavy atom. The van der Waals surface area contributed by atoms with Crippen molar-refractivity contribution in [3.8, 4) is 0 Å². The average Bonchev–Trinajstić information content (AvgIpc) is 2.46. The molecule has 110 valence electrons. The van der Waals surface area contributed by atoms with Gasteiger partial charge in [0.1, 0.15) is 0 Å². The van der Waals surface area contributed by atoms with E-state index >= 15 is 0 Å². The van der Waals surface area contributed by atoms with Crippen LogP contribution in [0.3, 0.4) is 0 Å². The van der Waals surface area contributed by atoms with Crippen LogP contribution in [0, 0.1) is 5.92 Å². The van der Waals surface area contributed by atoms with Crippen LogP contribution in [0.25, 0.3) is 0 Å². The maximum absolute atomic E-state index is 3.72. The van der Waals surface area contributed by atoms with Gasteiger partial charge in [0.15, 0.2) is 0 Å². The minimum absolute atomic E-state index is 0.836. The van der Waals surface area contributed by atoms with E-state index in [1.165, 1.54) is 77.7 Å². The fraction of sp³-hybridized carbons (Fsp3) is 1.00. The number of piperidine rings is 3. The van der Waals surface area contributed by atoms with Crippen molar-refractivity contribution >= 4 is 0 Å². The fourth-order valence-corrected chi connectivity index (χ4v) is 4.36. The maximum Gasteiger partial charge on any atom is 0.0120 e. The predicted molar refractivity (Wildman–Crippen MR) is 80.5 cm³/mol. The summed E-state index contributed by atoms with van der Waals surface area (Å²) in [7, 11) is 2.32. The van der Waals surface area contributed by atoms with Crippen molar-refractivity contribution in [1.82, 2.24) is 15.1 Å². The van der Waals surface area contributed by atoms with E-state index in [0.29, 0.717) is 0 Å². The lowest BCUT2D eigenvalue weighted by Crippen LogP contribution is -2.52. The molecule has 3 heterocycles. The first-order valence-electron chi connectivity index (χ1n) is 8.49. The van der Waals surface area contributed by atoms with Gasteiger partial charge in [0, 0.05) is 18.6 Å². The molecular formula is C16H31N3. The van der Waals surface area contributed by atoms with Crippen LogP contribution in [0.1, 0.15) is 44.9 Å². The van der Waals surface area contributed by atoms with Crippen molar-refractivity contribution in [2.75, 3.05) is 39.8 Å². The summed E-state index contributed by atoms with van der Waals surface area (Å²) in [6.07, 6.45) is 9.90. The molecule has 0 spiro atoms. The first-order valence-corrected chi connectivity index (χ1v) is 8.49. The highest BCUT2D eigenvalue weighted by Gasteiger charge is 2.31. The molecule has 0 radical (unpaired) electrons. The van der Waals surface area contributed by atoms with Crippen LogP contribution >= 0.6 is 0 Å². The zero-order valence-electron chi connectivity index (χ0n) is 12.6. The standard InChI is InChI=1S/C16H31N3/c1-18-10-3-2-6-15(18)7-11-19-12-8-16-14(13-19)5-4-9-17-16/h14-17H,2-13H2,1H3. The molecule has 0 bridgehead atoms. The van der Waals surface area contributed by atoms with E-state index in [4.69, 9.17) is 0 Å². The highest BCUT2D eigenvalue weighted by atomic mass is 15.2. The van der Waals surface area contributed by atoms with Gasteiger partial charge in [-0.3, -0.25) is 0 Å². The summed E-state index contributed by atoms with van der Waals surface area (Å²) in [5, 5.41) is 3.72. The highest BCUT2D eigenvalue weighted by Crippen LogP contribution is 2.25. The van der Waals surface area contributed by atoms with Gasteiger partial charge in [-0.15, -0.1) is 0 Å². The van der Waals surface area contributed by atoms with E-state index in [-0.39, 0.29) is 0 Å². The Hall–Kier alpha value is -0.120. The molecule has 3 rings (SSSR count). The molecule has 3 aliphatic heterocycles.